The fourth-order valence-corrected chi connectivity index (χ4v) is 2.07. The molecule has 0 aliphatic rings. The number of carbonyl (C=O) groups is 1. The molecule has 0 aromatic heterocycles. The third-order valence-corrected chi connectivity index (χ3v) is 3.25. The van der Waals surface area contributed by atoms with Crippen molar-refractivity contribution >= 4 is 5.91 Å². The summed E-state index contributed by atoms with van der Waals surface area (Å²) in [6.07, 6.45) is 0.901. The maximum absolute atomic E-state index is 13.4. The molecule has 110 valence electrons. The van der Waals surface area contributed by atoms with Crippen LogP contribution in [0.5, 0.6) is 0 Å². The van der Waals surface area contributed by atoms with Crippen molar-refractivity contribution in [2.75, 3.05) is 6.54 Å². The fourth-order valence-electron chi connectivity index (χ4n) is 2.07. The topological polar surface area (TPSA) is 55.1 Å². The summed E-state index contributed by atoms with van der Waals surface area (Å²) in [5.74, 6) is -0.537. The van der Waals surface area contributed by atoms with Gasteiger partial charge in [-0.2, -0.15) is 0 Å². The minimum Gasteiger partial charge on any atom is -0.352 e. The van der Waals surface area contributed by atoms with Gasteiger partial charge in [-0.05, 0) is 35.7 Å². The third kappa shape index (κ3) is 4.68. The summed E-state index contributed by atoms with van der Waals surface area (Å²) in [5, 5.41) is 2.80. The summed E-state index contributed by atoms with van der Waals surface area (Å²) in [6.45, 7) is 1.06. The van der Waals surface area contributed by atoms with E-state index in [0.29, 0.717) is 18.7 Å². The lowest BCUT2D eigenvalue weighted by molar-refractivity contribution is -0.120. The van der Waals surface area contributed by atoms with Gasteiger partial charge in [0.1, 0.15) is 5.82 Å². The molecule has 1 amide bonds. The average molecular weight is 286 g/mol. The number of nitrogens with one attached hydrogen (secondary N) is 1. The quantitative estimate of drug-likeness (QED) is 0.855. The SMILES string of the molecule is NCCc1ccc(CNC(=O)Cc2ccccc2F)cc1. The summed E-state index contributed by atoms with van der Waals surface area (Å²) in [4.78, 5) is 11.8. The van der Waals surface area contributed by atoms with Crippen molar-refractivity contribution in [2.24, 2.45) is 5.73 Å². The third-order valence-electron chi connectivity index (χ3n) is 3.25. The van der Waals surface area contributed by atoms with Gasteiger partial charge in [-0.1, -0.05) is 42.5 Å². The Morgan fingerprint density at radius 1 is 1.05 bits per heavy atom. The molecular formula is C17H19FN2O. The zero-order valence-corrected chi connectivity index (χ0v) is 11.8. The Labute approximate surface area is 124 Å². The Hall–Kier alpha value is -2.20. The zero-order chi connectivity index (χ0) is 15.1. The minimum atomic E-state index is -0.348. The highest BCUT2D eigenvalue weighted by atomic mass is 19.1. The van der Waals surface area contributed by atoms with E-state index in [-0.39, 0.29) is 18.1 Å². The molecule has 0 saturated heterocycles. The van der Waals surface area contributed by atoms with E-state index in [1.807, 2.05) is 24.3 Å². The molecule has 0 unspecified atom stereocenters. The first kappa shape index (κ1) is 15.2. The summed E-state index contributed by atoms with van der Waals surface area (Å²) in [5.41, 5.74) is 8.10. The largest absolute Gasteiger partial charge is 0.352 e. The van der Waals surface area contributed by atoms with Gasteiger partial charge in [0.05, 0.1) is 6.42 Å². The van der Waals surface area contributed by atoms with Crippen molar-refractivity contribution in [3.63, 3.8) is 0 Å². The Balaban J connectivity index is 1.85. The van der Waals surface area contributed by atoms with Crippen LogP contribution in [-0.4, -0.2) is 12.5 Å². The second-order valence-corrected chi connectivity index (χ2v) is 4.90. The molecule has 0 spiro atoms. The molecule has 0 fully saturated rings. The number of benzene rings is 2. The van der Waals surface area contributed by atoms with Gasteiger partial charge in [0.25, 0.3) is 0 Å². The van der Waals surface area contributed by atoms with E-state index in [1.54, 1.807) is 18.2 Å². The first-order valence-electron chi connectivity index (χ1n) is 6.97. The van der Waals surface area contributed by atoms with Crippen LogP contribution in [0.25, 0.3) is 0 Å². The second kappa shape index (κ2) is 7.55. The van der Waals surface area contributed by atoms with Gasteiger partial charge in [0, 0.05) is 6.54 Å². The predicted molar refractivity (Wildman–Crippen MR) is 81.2 cm³/mol. The molecule has 4 heteroatoms. The maximum atomic E-state index is 13.4. The molecule has 2 rings (SSSR count). The Bertz CT molecular complexity index is 596. The van der Waals surface area contributed by atoms with Gasteiger partial charge in [-0.3, -0.25) is 4.79 Å². The molecule has 3 N–H and O–H groups in total. The standard InChI is InChI=1S/C17H19FN2O/c18-16-4-2-1-3-15(16)11-17(21)20-12-14-7-5-13(6-8-14)9-10-19/h1-8H,9-12,19H2,(H,20,21). The fraction of sp³-hybridized carbons (Fsp3) is 0.235. The molecule has 2 aromatic carbocycles. The highest BCUT2D eigenvalue weighted by Gasteiger charge is 2.07. The summed E-state index contributed by atoms with van der Waals surface area (Å²) in [6, 6.07) is 14.3. The number of rotatable bonds is 6. The lowest BCUT2D eigenvalue weighted by Gasteiger charge is -2.07. The summed E-state index contributed by atoms with van der Waals surface area (Å²) in [7, 11) is 0. The van der Waals surface area contributed by atoms with E-state index in [9.17, 15) is 9.18 Å². The van der Waals surface area contributed by atoms with Crippen LogP contribution in [0.1, 0.15) is 16.7 Å². The number of hydrogen-bond acceptors (Lipinski definition) is 2. The normalized spacial score (nSPS) is 10.4. The Morgan fingerprint density at radius 2 is 1.71 bits per heavy atom. The van der Waals surface area contributed by atoms with E-state index in [1.165, 1.54) is 11.6 Å². The molecule has 0 saturated carbocycles. The van der Waals surface area contributed by atoms with Gasteiger partial charge in [0.15, 0.2) is 0 Å². The average Bonchev–Trinajstić information content (AvgIpc) is 2.49. The van der Waals surface area contributed by atoms with Crippen molar-refractivity contribution in [1.29, 1.82) is 0 Å². The van der Waals surface area contributed by atoms with Crippen molar-refractivity contribution in [3.8, 4) is 0 Å². The molecular weight excluding hydrogens is 267 g/mol. The maximum Gasteiger partial charge on any atom is 0.224 e. The lowest BCUT2D eigenvalue weighted by Crippen LogP contribution is -2.24. The summed E-state index contributed by atoms with van der Waals surface area (Å²) < 4.78 is 13.4. The first-order valence-corrected chi connectivity index (χ1v) is 6.97. The summed E-state index contributed by atoms with van der Waals surface area (Å²) >= 11 is 0. The molecule has 21 heavy (non-hydrogen) atoms. The monoisotopic (exact) mass is 286 g/mol. The van der Waals surface area contributed by atoms with Crippen LogP contribution in [0.4, 0.5) is 4.39 Å². The van der Waals surface area contributed by atoms with Crippen molar-refractivity contribution in [2.45, 2.75) is 19.4 Å². The molecule has 2 aromatic rings. The van der Waals surface area contributed by atoms with Crippen LogP contribution in [0.2, 0.25) is 0 Å². The van der Waals surface area contributed by atoms with Crippen LogP contribution < -0.4 is 11.1 Å². The molecule has 3 nitrogen and oxygen atoms in total. The van der Waals surface area contributed by atoms with Gasteiger partial charge in [-0.25, -0.2) is 4.39 Å². The Morgan fingerprint density at radius 3 is 2.38 bits per heavy atom. The van der Waals surface area contributed by atoms with E-state index in [4.69, 9.17) is 5.73 Å². The number of hydrogen-bond donors (Lipinski definition) is 2. The van der Waals surface area contributed by atoms with Gasteiger partial charge < -0.3 is 11.1 Å². The zero-order valence-electron chi connectivity index (χ0n) is 11.8. The number of nitrogens with two attached hydrogens (primary N) is 1. The second-order valence-electron chi connectivity index (χ2n) is 4.90. The van der Waals surface area contributed by atoms with E-state index in [2.05, 4.69) is 5.32 Å². The van der Waals surface area contributed by atoms with Crippen LogP contribution in [0, 0.1) is 5.82 Å². The molecule has 0 bridgehead atoms. The van der Waals surface area contributed by atoms with Crippen molar-refractivity contribution in [3.05, 3.63) is 71.0 Å². The van der Waals surface area contributed by atoms with Gasteiger partial charge >= 0.3 is 0 Å². The van der Waals surface area contributed by atoms with Crippen LogP contribution in [0.3, 0.4) is 0 Å². The number of halogens is 1. The van der Waals surface area contributed by atoms with Crippen LogP contribution >= 0.6 is 0 Å². The Kier molecular flexibility index (Phi) is 5.46. The highest BCUT2D eigenvalue weighted by Crippen LogP contribution is 2.08. The first-order chi connectivity index (χ1) is 10.2. The van der Waals surface area contributed by atoms with Crippen molar-refractivity contribution < 1.29 is 9.18 Å². The smallest absolute Gasteiger partial charge is 0.224 e. The molecule has 0 aliphatic heterocycles. The van der Waals surface area contributed by atoms with E-state index in [0.717, 1.165) is 12.0 Å². The van der Waals surface area contributed by atoms with Gasteiger partial charge in [-0.15, -0.1) is 0 Å². The molecule has 0 aliphatic carbocycles. The van der Waals surface area contributed by atoms with Crippen LogP contribution in [-0.2, 0) is 24.2 Å². The predicted octanol–water partition coefficient (Wildman–Crippen LogP) is 2.19. The van der Waals surface area contributed by atoms with E-state index >= 15 is 0 Å². The number of amides is 1. The van der Waals surface area contributed by atoms with E-state index < -0.39 is 0 Å². The van der Waals surface area contributed by atoms with Gasteiger partial charge in [0.2, 0.25) is 5.91 Å². The number of carbonyl (C=O) groups excluding carboxylic acids is 1. The molecule has 0 heterocycles. The minimum absolute atomic E-state index is 0.0535. The highest BCUT2D eigenvalue weighted by molar-refractivity contribution is 5.78. The van der Waals surface area contributed by atoms with Crippen molar-refractivity contribution in [1.82, 2.24) is 5.32 Å². The molecule has 0 atom stereocenters. The molecule has 0 radical (unpaired) electrons. The lowest BCUT2D eigenvalue weighted by atomic mass is 10.1. The van der Waals surface area contributed by atoms with Crippen LogP contribution in [0.15, 0.2) is 48.5 Å².